The quantitative estimate of drug-likeness (QED) is 0.576. The molecule has 33 heavy (non-hydrogen) atoms. The summed E-state index contributed by atoms with van der Waals surface area (Å²) in [4.78, 5) is 41.8. The summed E-state index contributed by atoms with van der Waals surface area (Å²) in [5.74, 6) is -2.78. The molecule has 2 N–H and O–H groups in total. The van der Waals surface area contributed by atoms with Gasteiger partial charge in [0, 0.05) is 12.1 Å². The Bertz CT molecular complexity index is 894. The maximum absolute atomic E-state index is 13.8. The summed E-state index contributed by atoms with van der Waals surface area (Å²) in [6.07, 6.45) is 6.20. The van der Waals surface area contributed by atoms with Gasteiger partial charge in [-0.25, -0.2) is 0 Å². The monoisotopic (exact) mass is 456 g/mol. The molecule has 1 aromatic rings. The molecule has 0 spiro atoms. The van der Waals surface area contributed by atoms with Crippen LogP contribution in [0, 0.1) is 17.8 Å². The lowest BCUT2D eigenvalue weighted by molar-refractivity contribution is -0.155. The van der Waals surface area contributed by atoms with Gasteiger partial charge in [0.05, 0.1) is 18.4 Å². The highest BCUT2D eigenvalue weighted by Gasteiger charge is 2.70. The van der Waals surface area contributed by atoms with E-state index >= 15 is 0 Å². The van der Waals surface area contributed by atoms with Crippen molar-refractivity contribution in [1.82, 2.24) is 10.2 Å². The van der Waals surface area contributed by atoms with Gasteiger partial charge in [-0.2, -0.15) is 0 Å². The molecule has 2 aliphatic heterocycles. The van der Waals surface area contributed by atoms with E-state index in [9.17, 15) is 19.5 Å². The molecule has 180 valence electrons. The second-order valence-electron chi connectivity index (χ2n) is 9.86. The number of rotatable bonds is 8. The number of ether oxygens (including phenoxy) is 1. The summed E-state index contributed by atoms with van der Waals surface area (Å²) < 4.78 is 5.68. The van der Waals surface area contributed by atoms with Crippen molar-refractivity contribution in [2.75, 3.05) is 6.61 Å². The number of nitrogens with one attached hydrogen (secondary N) is 1. The molecular formula is C26H36N2O5. The molecule has 3 fully saturated rings. The van der Waals surface area contributed by atoms with E-state index in [4.69, 9.17) is 4.74 Å². The first-order valence-corrected chi connectivity index (χ1v) is 12.5. The average Bonchev–Trinajstić information content (AvgIpc) is 3.32. The zero-order valence-corrected chi connectivity index (χ0v) is 19.9. The zero-order chi connectivity index (χ0) is 23.8. The van der Waals surface area contributed by atoms with Gasteiger partial charge in [-0.05, 0) is 42.9 Å². The number of benzene rings is 1. The van der Waals surface area contributed by atoms with E-state index < -0.39 is 29.4 Å². The predicted octanol–water partition coefficient (Wildman–Crippen LogP) is 3.92. The molecule has 1 aromatic carbocycles. The molecule has 2 saturated heterocycles. The SMILES string of the molecule is CCCOc1ccc(C2NC(C(=O)O)(C(C)CC)C3C(=O)N(C4CCCCC4)C(=O)C23)cc1. The van der Waals surface area contributed by atoms with Crippen molar-refractivity contribution in [2.45, 2.75) is 83.3 Å². The van der Waals surface area contributed by atoms with Crippen LogP contribution in [0.15, 0.2) is 24.3 Å². The third-order valence-electron chi connectivity index (χ3n) is 8.02. The van der Waals surface area contributed by atoms with Crippen molar-refractivity contribution in [3.05, 3.63) is 29.8 Å². The standard InChI is InChI=1S/C26H36N2O5/c1-4-15-33-19-13-11-17(12-14-19)22-20-21(26(27-22,25(31)32)16(3)5-2)24(30)28(23(20)29)18-9-7-6-8-10-18/h11-14,16,18,20-22,27H,4-10,15H2,1-3H3,(H,31,32). The number of hydrogen-bond donors (Lipinski definition) is 2. The maximum Gasteiger partial charge on any atom is 0.325 e. The number of hydrogen-bond acceptors (Lipinski definition) is 5. The number of nitrogens with zero attached hydrogens (tertiary/aromatic N) is 1. The summed E-state index contributed by atoms with van der Waals surface area (Å²) in [7, 11) is 0. The molecule has 1 saturated carbocycles. The molecule has 5 atom stereocenters. The Morgan fingerprint density at radius 2 is 1.82 bits per heavy atom. The summed E-state index contributed by atoms with van der Waals surface area (Å²) in [6.45, 7) is 6.45. The minimum atomic E-state index is -1.47. The van der Waals surface area contributed by atoms with E-state index in [2.05, 4.69) is 5.32 Å². The van der Waals surface area contributed by atoms with Crippen LogP contribution in [0.25, 0.3) is 0 Å². The number of amides is 2. The van der Waals surface area contributed by atoms with Gasteiger partial charge < -0.3 is 9.84 Å². The predicted molar refractivity (Wildman–Crippen MR) is 124 cm³/mol. The highest BCUT2D eigenvalue weighted by Crippen LogP contribution is 2.53. The Labute approximate surface area is 195 Å². The van der Waals surface area contributed by atoms with Crippen LogP contribution in [0.5, 0.6) is 5.75 Å². The lowest BCUT2D eigenvalue weighted by Gasteiger charge is -2.37. The maximum atomic E-state index is 13.8. The number of fused-ring (bicyclic) bond motifs is 1. The lowest BCUT2D eigenvalue weighted by atomic mass is 9.72. The smallest absolute Gasteiger partial charge is 0.325 e. The Morgan fingerprint density at radius 1 is 1.15 bits per heavy atom. The van der Waals surface area contributed by atoms with Crippen LogP contribution in [-0.2, 0) is 14.4 Å². The van der Waals surface area contributed by atoms with Crippen LogP contribution in [0.4, 0.5) is 0 Å². The van der Waals surface area contributed by atoms with Crippen LogP contribution in [0.3, 0.4) is 0 Å². The molecule has 0 radical (unpaired) electrons. The molecular weight excluding hydrogens is 420 g/mol. The van der Waals surface area contributed by atoms with Crippen LogP contribution < -0.4 is 10.1 Å². The van der Waals surface area contributed by atoms with Crippen molar-refractivity contribution in [2.24, 2.45) is 17.8 Å². The Balaban J connectivity index is 1.75. The highest BCUT2D eigenvalue weighted by molar-refractivity contribution is 6.09. The first kappa shape index (κ1) is 23.7. The van der Waals surface area contributed by atoms with Gasteiger partial charge in [-0.3, -0.25) is 24.6 Å². The number of aliphatic carboxylic acids is 1. The van der Waals surface area contributed by atoms with E-state index in [-0.39, 0.29) is 23.8 Å². The molecule has 7 nitrogen and oxygen atoms in total. The summed E-state index contributed by atoms with van der Waals surface area (Å²) in [5.41, 5.74) is -0.663. The van der Waals surface area contributed by atoms with E-state index in [1.807, 2.05) is 45.0 Å². The Kier molecular flexibility index (Phi) is 6.80. The first-order chi connectivity index (χ1) is 15.9. The van der Waals surface area contributed by atoms with Crippen LogP contribution >= 0.6 is 0 Å². The van der Waals surface area contributed by atoms with Gasteiger partial charge in [-0.1, -0.05) is 58.6 Å². The van der Waals surface area contributed by atoms with E-state index in [0.717, 1.165) is 49.8 Å². The molecule has 2 amide bonds. The van der Waals surface area contributed by atoms with Gasteiger partial charge in [-0.15, -0.1) is 0 Å². The van der Waals surface area contributed by atoms with Crippen LogP contribution in [-0.4, -0.2) is 46.0 Å². The van der Waals surface area contributed by atoms with Crippen molar-refractivity contribution >= 4 is 17.8 Å². The number of carbonyl (C=O) groups excluding carboxylic acids is 2. The molecule has 7 heteroatoms. The Hall–Kier alpha value is -2.41. The normalized spacial score (nSPS) is 31.0. The summed E-state index contributed by atoms with van der Waals surface area (Å²) in [6, 6.07) is 6.83. The molecule has 0 aromatic heterocycles. The third kappa shape index (κ3) is 3.84. The summed E-state index contributed by atoms with van der Waals surface area (Å²) >= 11 is 0. The second-order valence-corrected chi connectivity index (χ2v) is 9.86. The fraction of sp³-hybridized carbons (Fsp3) is 0.654. The number of carbonyl (C=O) groups is 3. The second kappa shape index (κ2) is 9.45. The largest absolute Gasteiger partial charge is 0.494 e. The first-order valence-electron chi connectivity index (χ1n) is 12.5. The van der Waals surface area contributed by atoms with Crippen LogP contribution in [0.1, 0.15) is 77.3 Å². The minimum absolute atomic E-state index is 0.113. The fourth-order valence-corrected chi connectivity index (χ4v) is 6.12. The molecule has 3 aliphatic rings. The third-order valence-corrected chi connectivity index (χ3v) is 8.02. The highest BCUT2D eigenvalue weighted by atomic mass is 16.5. The van der Waals surface area contributed by atoms with Gasteiger partial charge >= 0.3 is 5.97 Å². The molecule has 4 rings (SSSR count). The number of likely N-dealkylation sites (tertiary alicyclic amines) is 1. The van der Waals surface area contributed by atoms with Crippen molar-refractivity contribution in [3.63, 3.8) is 0 Å². The lowest BCUT2D eigenvalue weighted by Crippen LogP contribution is -2.60. The Morgan fingerprint density at radius 3 is 2.39 bits per heavy atom. The average molecular weight is 457 g/mol. The number of carboxylic acids is 1. The van der Waals surface area contributed by atoms with E-state index in [1.54, 1.807) is 0 Å². The van der Waals surface area contributed by atoms with E-state index in [0.29, 0.717) is 13.0 Å². The minimum Gasteiger partial charge on any atom is -0.494 e. The number of carboxylic acid groups (broad SMARTS) is 1. The topological polar surface area (TPSA) is 95.9 Å². The summed E-state index contributed by atoms with van der Waals surface area (Å²) in [5, 5.41) is 13.8. The fourth-order valence-electron chi connectivity index (χ4n) is 6.12. The number of imide groups is 1. The molecule has 1 aliphatic carbocycles. The van der Waals surface area contributed by atoms with Gasteiger partial charge in [0.15, 0.2) is 0 Å². The van der Waals surface area contributed by atoms with Gasteiger partial charge in [0.2, 0.25) is 11.8 Å². The zero-order valence-electron chi connectivity index (χ0n) is 19.9. The van der Waals surface area contributed by atoms with Gasteiger partial charge in [0.25, 0.3) is 0 Å². The molecule has 2 heterocycles. The molecule has 0 bridgehead atoms. The van der Waals surface area contributed by atoms with Crippen molar-refractivity contribution < 1.29 is 24.2 Å². The molecule has 5 unspecified atom stereocenters. The van der Waals surface area contributed by atoms with Crippen molar-refractivity contribution in [1.29, 1.82) is 0 Å². The van der Waals surface area contributed by atoms with Gasteiger partial charge in [0.1, 0.15) is 11.3 Å². The van der Waals surface area contributed by atoms with Crippen molar-refractivity contribution in [3.8, 4) is 5.75 Å². The van der Waals surface area contributed by atoms with Crippen LogP contribution in [0.2, 0.25) is 0 Å². The van der Waals surface area contributed by atoms with E-state index in [1.165, 1.54) is 4.90 Å².